The number of halogens is 2. The van der Waals surface area contributed by atoms with Crippen LogP contribution in [0.1, 0.15) is 55.9 Å². The molecule has 1 aromatic carbocycles. The van der Waals surface area contributed by atoms with Crippen molar-refractivity contribution in [3.63, 3.8) is 0 Å². The first-order valence-electron chi connectivity index (χ1n) is 7.32. The van der Waals surface area contributed by atoms with E-state index in [9.17, 15) is 9.90 Å². The summed E-state index contributed by atoms with van der Waals surface area (Å²) < 4.78 is 0. The minimum absolute atomic E-state index is 0.0643. The molecule has 21 heavy (non-hydrogen) atoms. The number of nitrogens with two attached hydrogens (primary N) is 1. The molecule has 2 rings (SSSR count). The zero-order valence-corrected chi connectivity index (χ0v) is 13.9. The highest BCUT2D eigenvalue weighted by atomic mass is 35.5. The molecule has 1 aliphatic rings. The maximum Gasteiger partial charge on any atom is 0.221 e. The van der Waals surface area contributed by atoms with E-state index in [-0.39, 0.29) is 11.8 Å². The lowest BCUT2D eigenvalue weighted by molar-refractivity contribution is -0.117. The van der Waals surface area contributed by atoms with Gasteiger partial charge in [0.15, 0.2) is 0 Å². The summed E-state index contributed by atoms with van der Waals surface area (Å²) >= 11 is 12.6. The third-order valence-electron chi connectivity index (χ3n) is 4.62. The molecule has 1 aliphatic carbocycles. The van der Waals surface area contributed by atoms with Crippen molar-refractivity contribution in [2.45, 2.75) is 52.1 Å². The summed E-state index contributed by atoms with van der Waals surface area (Å²) in [5, 5.41) is 11.5. The second-order valence-electron chi connectivity index (χ2n) is 5.92. The SMILES string of the molecule is CCCC1(CC)Cc2cc(CC(N)=O)c(Cl)c(Cl)c2C1O. The molecule has 0 aromatic heterocycles. The highest BCUT2D eigenvalue weighted by molar-refractivity contribution is 6.43. The minimum atomic E-state index is -0.606. The van der Waals surface area contributed by atoms with E-state index in [0.29, 0.717) is 15.6 Å². The van der Waals surface area contributed by atoms with Crippen LogP contribution in [-0.4, -0.2) is 11.0 Å². The van der Waals surface area contributed by atoms with Crippen molar-refractivity contribution in [2.24, 2.45) is 11.1 Å². The van der Waals surface area contributed by atoms with Crippen LogP contribution < -0.4 is 5.73 Å². The maximum atomic E-state index is 11.2. The smallest absolute Gasteiger partial charge is 0.221 e. The van der Waals surface area contributed by atoms with E-state index >= 15 is 0 Å². The largest absolute Gasteiger partial charge is 0.388 e. The summed E-state index contributed by atoms with van der Waals surface area (Å²) in [4.78, 5) is 11.2. The molecule has 3 nitrogen and oxygen atoms in total. The van der Waals surface area contributed by atoms with E-state index in [2.05, 4.69) is 13.8 Å². The van der Waals surface area contributed by atoms with Crippen molar-refractivity contribution < 1.29 is 9.90 Å². The van der Waals surface area contributed by atoms with Crippen molar-refractivity contribution in [3.05, 3.63) is 32.8 Å². The highest BCUT2D eigenvalue weighted by Crippen LogP contribution is 2.54. The zero-order chi connectivity index (χ0) is 15.8. The monoisotopic (exact) mass is 329 g/mol. The first-order valence-corrected chi connectivity index (χ1v) is 8.08. The molecule has 0 aliphatic heterocycles. The third kappa shape index (κ3) is 2.79. The molecule has 1 amide bonds. The fourth-order valence-electron chi connectivity index (χ4n) is 3.51. The lowest BCUT2D eigenvalue weighted by atomic mass is 9.76. The Morgan fingerprint density at radius 2 is 2.10 bits per heavy atom. The Balaban J connectivity index is 2.51. The van der Waals surface area contributed by atoms with Gasteiger partial charge in [-0.25, -0.2) is 0 Å². The Hall–Kier alpha value is -0.770. The molecule has 116 valence electrons. The van der Waals surface area contributed by atoms with Gasteiger partial charge in [-0.2, -0.15) is 0 Å². The van der Waals surface area contributed by atoms with Crippen LogP contribution in [0, 0.1) is 5.41 Å². The topological polar surface area (TPSA) is 63.3 Å². The van der Waals surface area contributed by atoms with Gasteiger partial charge in [0.2, 0.25) is 5.91 Å². The average molecular weight is 330 g/mol. The third-order valence-corrected chi connectivity index (χ3v) is 5.54. The highest BCUT2D eigenvalue weighted by Gasteiger charge is 2.45. The lowest BCUT2D eigenvalue weighted by Gasteiger charge is -2.31. The number of primary amides is 1. The Morgan fingerprint density at radius 1 is 1.43 bits per heavy atom. The van der Waals surface area contributed by atoms with Gasteiger partial charge < -0.3 is 10.8 Å². The van der Waals surface area contributed by atoms with Gasteiger partial charge in [0.25, 0.3) is 0 Å². The van der Waals surface area contributed by atoms with Crippen LogP contribution in [0.2, 0.25) is 10.0 Å². The molecule has 0 heterocycles. The van der Waals surface area contributed by atoms with E-state index < -0.39 is 12.0 Å². The lowest BCUT2D eigenvalue weighted by Crippen LogP contribution is -2.25. The number of aliphatic hydroxyl groups excluding tert-OH is 1. The Morgan fingerprint density at radius 3 is 2.62 bits per heavy atom. The van der Waals surface area contributed by atoms with E-state index in [1.54, 1.807) is 0 Å². The van der Waals surface area contributed by atoms with Gasteiger partial charge in [-0.05, 0) is 30.4 Å². The number of carbonyl (C=O) groups excluding carboxylic acids is 1. The van der Waals surface area contributed by atoms with Gasteiger partial charge in [0.05, 0.1) is 22.6 Å². The van der Waals surface area contributed by atoms with Gasteiger partial charge in [-0.3, -0.25) is 4.79 Å². The summed E-state index contributed by atoms with van der Waals surface area (Å²) in [6.45, 7) is 4.20. The van der Waals surface area contributed by atoms with Gasteiger partial charge in [0, 0.05) is 11.0 Å². The van der Waals surface area contributed by atoms with Crippen LogP contribution >= 0.6 is 23.2 Å². The molecule has 3 N–H and O–H groups in total. The van der Waals surface area contributed by atoms with E-state index in [1.807, 2.05) is 6.07 Å². The maximum absolute atomic E-state index is 11.2. The molecule has 1 aromatic rings. The standard InChI is InChI=1S/C16H21Cl2NO2/c1-3-5-16(4-2)8-10-6-9(7-11(19)20)13(17)14(18)12(10)15(16)21/h6,15,21H,3-5,7-8H2,1-2H3,(H2,19,20). The molecule has 0 saturated carbocycles. The van der Waals surface area contributed by atoms with Crippen molar-refractivity contribution in [2.75, 3.05) is 0 Å². The van der Waals surface area contributed by atoms with Crippen molar-refractivity contribution >= 4 is 29.1 Å². The second-order valence-corrected chi connectivity index (χ2v) is 6.68. The molecule has 0 spiro atoms. The van der Waals surface area contributed by atoms with Crippen molar-refractivity contribution in [1.29, 1.82) is 0 Å². The fourth-order valence-corrected chi connectivity index (χ4v) is 4.08. The molecular formula is C16H21Cl2NO2. The summed E-state index contributed by atoms with van der Waals surface area (Å²) in [6.07, 6.45) is 3.02. The summed E-state index contributed by atoms with van der Waals surface area (Å²) in [6, 6.07) is 1.88. The number of hydrogen-bond acceptors (Lipinski definition) is 2. The van der Waals surface area contributed by atoms with E-state index in [0.717, 1.165) is 36.8 Å². The number of benzene rings is 1. The Labute approximate surface area is 135 Å². The van der Waals surface area contributed by atoms with Gasteiger partial charge >= 0.3 is 0 Å². The van der Waals surface area contributed by atoms with Crippen LogP contribution in [0.15, 0.2) is 6.07 Å². The molecule has 2 unspecified atom stereocenters. The Bertz CT molecular complexity index is 574. The van der Waals surface area contributed by atoms with E-state index in [1.165, 1.54) is 0 Å². The molecule has 5 heteroatoms. The van der Waals surface area contributed by atoms with Crippen LogP contribution in [-0.2, 0) is 17.6 Å². The molecular weight excluding hydrogens is 309 g/mol. The molecule has 0 radical (unpaired) electrons. The van der Waals surface area contributed by atoms with E-state index in [4.69, 9.17) is 28.9 Å². The number of hydrogen-bond donors (Lipinski definition) is 2. The van der Waals surface area contributed by atoms with Crippen LogP contribution in [0.25, 0.3) is 0 Å². The zero-order valence-electron chi connectivity index (χ0n) is 12.4. The number of amides is 1. The summed E-state index contributed by atoms with van der Waals surface area (Å²) in [7, 11) is 0. The van der Waals surface area contributed by atoms with Crippen molar-refractivity contribution in [3.8, 4) is 0 Å². The van der Waals surface area contributed by atoms with Gasteiger partial charge in [-0.15, -0.1) is 0 Å². The molecule has 0 fully saturated rings. The fraction of sp³-hybridized carbons (Fsp3) is 0.562. The second kappa shape index (κ2) is 6.15. The number of fused-ring (bicyclic) bond motifs is 1. The predicted octanol–water partition coefficient (Wildman–Crippen LogP) is 3.81. The first kappa shape index (κ1) is 16.6. The minimum Gasteiger partial charge on any atom is -0.388 e. The average Bonchev–Trinajstić information content (AvgIpc) is 2.69. The van der Waals surface area contributed by atoms with Crippen LogP contribution in [0.5, 0.6) is 0 Å². The molecule has 0 saturated heterocycles. The predicted molar refractivity (Wildman–Crippen MR) is 85.7 cm³/mol. The molecule has 0 bridgehead atoms. The normalized spacial score (nSPS) is 24.1. The summed E-state index contributed by atoms with van der Waals surface area (Å²) in [5.74, 6) is -0.443. The number of carbonyl (C=O) groups is 1. The van der Waals surface area contributed by atoms with Crippen LogP contribution in [0.3, 0.4) is 0 Å². The quantitative estimate of drug-likeness (QED) is 0.862. The number of aliphatic hydroxyl groups is 1. The van der Waals surface area contributed by atoms with Gasteiger partial charge in [-0.1, -0.05) is 49.5 Å². The first-order chi connectivity index (χ1) is 9.86. The number of rotatable bonds is 5. The van der Waals surface area contributed by atoms with Crippen LogP contribution in [0.4, 0.5) is 0 Å². The summed E-state index contributed by atoms with van der Waals surface area (Å²) in [5.41, 5.74) is 7.43. The van der Waals surface area contributed by atoms with Gasteiger partial charge in [0.1, 0.15) is 0 Å². The molecule has 2 atom stereocenters. The Kier molecular flexibility index (Phi) is 4.86. The van der Waals surface area contributed by atoms with Crippen molar-refractivity contribution in [1.82, 2.24) is 0 Å².